The Morgan fingerprint density at radius 2 is 2.00 bits per heavy atom. The predicted molar refractivity (Wildman–Crippen MR) is 124 cm³/mol. The van der Waals surface area contributed by atoms with Crippen molar-refractivity contribution < 1.29 is 4.79 Å². The first-order valence-corrected chi connectivity index (χ1v) is 11.9. The minimum absolute atomic E-state index is 0.0814. The lowest BCUT2D eigenvalue weighted by molar-refractivity contribution is -0.118. The zero-order chi connectivity index (χ0) is 21.4. The minimum Gasteiger partial charge on any atom is -0.344 e. The van der Waals surface area contributed by atoms with Gasteiger partial charge in [-0.1, -0.05) is 29.8 Å². The van der Waals surface area contributed by atoms with Crippen LogP contribution in [0.5, 0.6) is 0 Å². The molecule has 3 heterocycles. The van der Waals surface area contributed by atoms with Crippen LogP contribution < -0.4 is 5.56 Å². The number of benzene rings is 1. The average molecular weight is 437 g/mol. The normalized spacial score (nSPS) is 19.9. The van der Waals surface area contributed by atoms with Gasteiger partial charge in [-0.05, 0) is 43.7 Å². The standard InChI is InChI=1S/C24H28N4O2S/c1-17-3-5-18(6-4-17)14-28-15-25-23-22(24(28)30)20-8-7-19(13-21(20)31-23)27-10-2-9-26(16-29)11-12-27/h3-6,15-16,19H,2,7-14H2,1H3/t19-/m1/s1. The molecule has 5 rings (SSSR count). The summed E-state index contributed by atoms with van der Waals surface area (Å²) in [7, 11) is 0. The lowest BCUT2D eigenvalue weighted by Crippen LogP contribution is -2.41. The Bertz CT molecular complexity index is 1150. The van der Waals surface area contributed by atoms with Crippen LogP contribution in [-0.4, -0.2) is 58.0 Å². The summed E-state index contributed by atoms with van der Waals surface area (Å²) in [6, 6.07) is 8.80. The predicted octanol–water partition coefficient (Wildman–Crippen LogP) is 2.84. The number of amides is 1. The number of carbonyl (C=O) groups excluding carboxylic acids is 1. The number of nitrogens with zero attached hydrogens (tertiary/aromatic N) is 4. The van der Waals surface area contributed by atoms with Gasteiger partial charge in [0.1, 0.15) is 4.83 Å². The molecular formula is C24H28N4O2S. The van der Waals surface area contributed by atoms with Gasteiger partial charge >= 0.3 is 0 Å². The smallest absolute Gasteiger partial charge is 0.262 e. The topological polar surface area (TPSA) is 58.4 Å². The number of rotatable bonds is 4. The van der Waals surface area contributed by atoms with E-state index in [9.17, 15) is 9.59 Å². The largest absolute Gasteiger partial charge is 0.344 e. The van der Waals surface area contributed by atoms with Crippen molar-refractivity contribution in [3.05, 3.63) is 62.5 Å². The quantitative estimate of drug-likeness (QED) is 0.590. The number of carbonyl (C=O) groups is 1. The molecule has 1 saturated heterocycles. The summed E-state index contributed by atoms with van der Waals surface area (Å²) in [5, 5.41) is 0.830. The molecule has 0 spiro atoms. The number of hydrogen-bond acceptors (Lipinski definition) is 5. The molecule has 1 amide bonds. The molecule has 3 aromatic rings. The van der Waals surface area contributed by atoms with E-state index in [4.69, 9.17) is 0 Å². The molecule has 0 radical (unpaired) electrons. The van der Waals surface area contributed by atoms with Crippen molar-refractivity contribution in [3.63, 3.8) is 0 Å². The van der Waals surface area contributed by atoms with Crippen LogP contribution in [0.25, 0.3) is 10.2 Å². The molecule has 0 N–H and O–H groups in total. The van der Waals surface area contributed by atoms with E-state index in [1.54, 1.807) is 22.2 Å². The molecular weight excluding hydrogens is 408 g/mol. The van der Waals surface area contributed by atoms with E-state index in [-0.39, 0.29) is 5.56 Å². The number of fused-ring (bicyclic) bond motifs is 3. The van der Waals surface area contributed by atoms with Gasteiger partial charge in [-0.15, -0.1) is 11.3 Å². The average Bonchev–Trinajstić information content (AvgIpc) is 2.98. The lowest BCUT2D eigenvalue weighted by atomic mass is 9.92. The summed E-state index contributed by atoms with van der Waals surface area (Å²) in [6.07, 6.45) is 6.68. The Labute approximate surface area is 186 Å². The molecule has 0 saturated carbocycles. The second-order valence-corrected chi connectivity index (χ2v) is 9.86. The van der Waals surface area contributed by atoms with Gasteiger partial charge in [0.05, 0.1) is 18.3 Å². The van der Waals surface area contributed by atoms with Gasteiger partial charge in [0, 0.05) is 37.1 Å². The zero-order valence-corrected chi connectivity index (χ0v) is 18.7. The molecule has 6 nitrogen and oxygen atoms in total. The van der Waals surface area contributed by atoms with Crippen molar-refractivity contribution in [1.29, 1.82) is 0 Å². The molecule has 162 valence electrons. The van der Waals surface area contributed by atoms with Crippen LogP contribution in [0.3, 0.4) is 0 Å². The molecule has 1 aliphatic heterocycles. The van der Waals surface area contributed by atoms with Crippen molar-refractivity contribution in [2.75, 3.05) is 26.2 Å². The fourth-order valence-electron chi connectivity index (χ4n) is 4.93. The Morgan fingerprint density at radius 3 is 2.81 bits per heavy atom. The first-order valence-electron chi connectivity index (χ1n) is 11.1. The maximum atomic E-state index is 13.3. The van der Waals surface area contributed by atoms with Crippen molar-refractivity contribution in [2.24, 2.45) is 0 Å². The summed E-state index contributed by atoms with van der Waals surface area (Å²) in [5.41, 5.74) is 3.63. The van der Waals surface area contributed by atoms with E-state index in [2.05, 4.69) is 41.1 Å². The van der Waals surface area contributed by atoms with E-state index in [0.717, 1.165) is 74.1 Å². The van der Waals surface area contributed by atoms with E-state index in [1.807, 2.05) is 4.90 Å². The van der Waals surface area contributed by atoms with Gasteiger partial charge in [0.25, 0.3) is 5.56 Å². The van der Waals surface area contributed by atoms with Crippen molar-refractivity contribution in [1.82, 2.24) is 19.4 Å². The van der Waals surface area contributed by atoms with Gasteiger partial charge in [0.15, 0.2) is 0 Å². The highest BCUT2D eigenvalue weighted by Gasteiger charge is 2.29. The van der Waals surface area contributed by atoms with Crippen LogP contribution in [-0.2, 0) is 24.2 Å². The van der Waals surface area contributed by atoms with Crippen LogP contribution in [0.15, 0.2) is 35.4 Å². The first-order chi connectivity index (χ1) is 15.1. The Morgan fingerprint density at radius 1 is 1.16 bits per heavy atom. The number of aryl methyl sites for hydroxylation is 2. The van der Waals surface area contributed by atoms with Crippen molar-refractivity contribution >= 4 is 28.0 Å². The van der Waals surface area contributed by atoms with E-state index < -0.39 is 0 Å². The minimum atomic E-state index is 0.0814. The molecule has 0 unspecified atom stereocenters. The van der Waals surface area contributed by atoms with Crippen molar-refractivity contribution in [2.45, 2.75) is 45.2 Å². The fraction of sp³-hybridized carbons (Fsp3) is 0.458. The molecule has 1 aromatic carbocycles. The van der Waals surface area contributed by atoms with Crippen molar-refractivity contribution in [3.8, 4) is 0 Å². The second-order valence-electron chi connectivity index (χ2n) is 8.77. The number of thiophene rings is 1. The SMILES string of the molecule is Cc1ccc(Cn2cnc3sc4c(c3c2=O)CC[C@@H](N2CCCN(C=O)CC2)C4)cc1. The van der Waals surface area contributed by atoms with Crippen LogP contribution in [0.2, 0.25) is 0 Å². The second kappa shape index (κ2) is 8.55. The molecule has 1 atom stereocenters. The maximum absolute atomic E-state index is 13.3. The fourth-order valence-corrected chi connectivity index (χ4v) is 6.18. The Kier molecular flexibility index (Phi) is 5.63. The third kappa shape index (κ3) is 4.04. The third-order valence-electron chi connectivity index (χ3n) is 6.71. The molecule has 1 aliphatic carbocycles. The molecule has 0 bridgehead atoms. The first kappa shape index (κ1) is 20.4. The molecule has 31 heavy (non-hydrogen) atoms. The summed E-state index contributed by atoms with van der Waals surface area (Å²) >= 11 is 1.69. The van der Waals surface area contributed by atoms with E-state index in [1.165, 1.54) is 16.0 Å². The third-order valence-corrected chi connectivity index (χ3v) is 7.88. The molecule has 7 heteroatoms. The highest BCUT2D eigenvalue weighted by atomic mass is 32.1. The lowest BCUT2D eigenvalue weighted by Gasteiger charge is -2.33. The number of hydrogen-bond donors (Lipinski definition) is 0. The van der Waals surface area contributed by atoms with Gasteiger partial charge in [-0.3, -0.25) is 19.1 Å². The monoisotopic (exact) mass is 436 g/mol. The van der Waals surface area contributed by atoms with Crippen LogP contribution in [0.4, 0.5) is 0 Å². The van der Waals surface area contributed by atoms with Crippen LogP contribution in [0.1, 0.15) is 34.4 Å². The van der Waals surface area contributed by atoms with Gasteiger partial charge in [-0.25, -0.2) is 4.98 Å². The highest BCUT2D eigenvalue weighted by molar-refractivity contribution is 7.18. The van der Waals surface area contributed by atoms with Gasteiger partial charge in [-0.2, -0.15) is 0 Å². The van der Waals surface area contributed by atoms with Gasteiger partial charge in [0.2, 0.25) is 6.41 Å². The Balaban J connectivity index is 1.39. The molecule has 1 fully saturated rings. The van der Waals surface area contributed by atoms with Crippen LogP contribution in [0, 0.1) is 6.92 Å². The summed E-state index contributed by atoms with van der Waals surface area (Å²) in [4.78, 5) is 35.7. The van der Waals surface area contributed by atoms with Crippen LogP contribution >= 0.6 is 11.3 Å². The summed E-state index contributed by atoms with van der Waals surface area (Å²) in [6.45, 7) is 6.26. The summed E-state index contributed by atoms with van der Waals surface area (Å²) in [5.74, 6) is 0. The van der Waals surface area contributed by atoms with Gasteiger partial charge < -0.3 is 4.90 Å². The molecule has 2 aromatic heterocycles. The molecule has 2 aliphatic rings. The zero-order valence-electron chi connectivity index (χ0n) is 17.9. The maximum Gasteiger partial charge on any atom is 0.262 e. The highest BCUT2D eigenvalue weighted by Crippen LogP contribution is 2.35. The van der Waals surface area contributed by atoms with E-state index in [0.29, 0.717) is 12.6 Å². The Hall–Kier alpha value is -2.51. The summed E-state index contributed by atoms with van der Waals surface area (Å²) < 4.78 is 1.74. The van der Waals surface area contributed by atoms with E-state index >= 15 is 0 Å². The number of aromatic nitrogens is 2.